The number of nitrogens with zero attached hydrogens (tertiary/aromatic N) is 3. The smallest absolute Gasteiger partial charge is 0.411 e. The van der Waals surface area contributed by atoms with Crippen molar-refractivity contribution in [1.29, 1.82) is 0 Å². The molecule has 5 rings (SSSR count). The number of sulfonamides is 1. The van der Waals surface area contributed by atoms with Gasteiger partial charge in [-0.05, 0) is 42.5 Å². The number of nitrogens with one attached hydrogen (secondary N) is 1. The number of rotatable bonds is 6. The van der Waals surface area contributed by atoms with Crippen molar-refractivity contribution in [1.82, 2.24) is 14.1 Å². The highest BCUT2D eigenvalue weighted by Gasteiger charge is 2.59. The summed E-state index contributed by atoms with van der Waals surface area (Å²) < 4.78 is 32.0. The fraction of sp³-hybridized carbons (Fsp3) is 0.522. The number of ether oxygens (including phenoxy) is 1. The quantitative estimate of drug-likeness (QED) is 0.469. The molecule has 0 unspecified atom stereocenters. The maximum Gasteiger partial charge on any atom is 0.411 e. The first kappa shape index (κ1) is 23.0. The van der Waals surface area contributed by atoms with Gasteiger partial charge < -0.3 is 4.74 Å². The number of fused-ring (bicyclic) bond motifs is 5. The molecular weight excluding hydrogens is 460 g/mol. The summed E-state index contributed by atoms with van der Waals surface area (Å²) >= 11 is 0. The van der Waals surface area contributed by atoms with E-state index in [1.807, 2.05) is 0 Å². The number of allylic oxidation sites excluding steroid dienone is 2. The minimum absolute atomic E-state index is 0.0433. The molecule has 1 N–H and O–H groups in total. The Morgan fingerprint density at radius 2 is 1.56 bits per heavy atom. The Hall–Kier alpha value is -2.76. The standard InChI is InChI=1S/C23H28N4O6S/c1-33-23(30)24-17-4-6-18(7-5-17)34(31,32)26-11-8-25(9-12-26)10-13-27-21(28)19-15-2-3-16(14-15)20(19)22(27)29/h2-7,15-16,19-20H,8-14H2,1H3,(H,24,30)/t15-,16+,19-,20-/m0/s1. The van der Waals surface area contributed by atoms with Gasteiger partial charge in [0.25, 0.3) is 0 Å². The molecule has 4 atom stereocenters. The van der Waals surface area contributed by atoms with Gasteiger partial charge in [0.15, 0.2) is 0 Å². The van der Waals surface area contributed by atoms with Crippen LogP contribution in [0.15, 0.2) is 41.3 Å². The van der Waals surface area contributed by atoms with E-state index in [0.29, 0.717) is 45.0 Å². The third-order valence-electron chi connectivity index (χ3n) is 7.46. The molecule has 1 aromatic carbocycles. The average molecular weight is 489 g/mol. The molecule has 11 heteroatoms. The summed E-state index contributed by atoms with van der Waals surface area (Å²) in [5, 5.41) is 2.49. The Labute approximate surface area is 198 Å². The molecule has 3 fully saturated rings. The first-order valence-electron chi connectivity index (χ1n) is 11.5. The number of benzene rings is 1. The van der Waals surface area contributed by atoms with Crippen LogP contribution in [-0.2, 0) is 24.3 Å². The van der Waals surface area contributed by atoms with Crippen LogP contribution in [-0.4, -0.2) is 86.8 Å². The largest absolute Gasteiger partial charge is 0.453 e. The summed E-state index contributed by atoms with van der Waals surface area (Å²) in [6.45, 7) is 2.60. The first-order chi connectivity index (χ1) is 16.3. The van der Waals surface area contributed by atoms with E-state index < -0.39 is 16.1 Å². The van der Waals surface area contributed by atoms with Gasteiger partial charge in [-0.25, -0.2) is 13.2 Å². The molecule has 0 radical (unpaired) electrons. The van der Waals surface area contributed by atoms with E-state index in [1.165, 1.54) is 40.6 Å². The molecule has 3 amide bonds. The van der Waals surface area contributed by atoms with Crippen molar-refractivity contribution in [3.05, 3.63) is 36.4 Å². The van der Waals surface area contributed by atoms with Gasteiger partial charge in [-0.1, -0.05) is 12.2 Å². The minimum Gasteiger partial charge on any atom is -0.453 e. The number of carbonyl (C=O) groups excluding carboxylic acids is 3. The van der Waals surface area contributed by atoms with Crippen LogP contribution >= 0.6 is 0 Å². The van der Waals surface area contributed by atoms with Crippen LogP contribution in [0.5, 0.6) is 0 Å². The number of hydrogen-bond donors (Lipinski definition) is 1. The van der Waals surface area contributed by atoms with Crippen LogP contribution in [0.4, 0.5) is 10.5 Å². The van der Waals surface area contributed by atoms with Crippen molar-refractivity contribution in [2.75, 3.05) is 51.7 Å². The van der Waals surface area contributed by atoms with Gasteiger partial charge in [0.05, 0.1) is 23.8 Å². The summed E-state index contributed by atoms with van der Waals surface area (Å²) in [4.78, 5) is 40.6. The van der Waals surface area contributed by atoms with E-state index in [1.54, 1.807) is 0 Å². The molecule has 1 aromatic rings. The van der Waals surface area contributed by atoms with Gasteiger partial charge in [0.2, 0.25) is 21.8 Å². The second kappa shape index (κ2) is 8.79. The molecule has 2 aliphatic heterocycles. The van der Waals surface area contributed by atoms with Crippen molar-refractivity contribution in [2.45, 2.75) is 11.3 Å². The highest BCUT2D eigenvalue weighted by atomic mass is 32.2. The molecule has 0 aromatic heterocycles. The zero-order chi connectivity index (χ0) is 24.0. The van der Waals surface area contributed by atoms with Gasteiger partial charge in [0.1, 0.15) is 0 Å². The number of methoxy groups -OCH3 is 1. The lowest BCUT2D eigenvalue weighted by atomic mass is 9.85. The van der Waals surface area contributed by atoms with Crippen LogP contribution in [0.3, 0.4) is 0 Å². The number of amides is 3. The third-order valence-corrected chi connectivity index (χ3v) is 9.37. The lowest BCUT2D eigenvalue weighted by molar-refractivity contribution is -0.141. The van der Waals surface area contributed by atoms with Crippen LogP contribution in [0.1, 0.15) is 6.42 Å². The van der Waals surface area contributed by atoms with Crippen LogP contribution in [0, 0.1) is 23.7 Å². The zero-order valence-corrected chi connectivity index (χ0v) is 19.7. The number of hydrogen-bond acceptors (Lipinski definition) is 7. The van der Waals surface area contributed by atoms with Gasteiger partial charge in [-0.2, -0.15) is 4.31 Å². The SMILES string of the molecule is COC(=O)Nc1ccc(S(=O)(=O)N2CCN(CCN3C(=O)[C@@H]4[C@@H](C3=O)[C@H]3C=C[C@@H]4C3)CC2)cc1. The molecule has 0 spiro atoms. The molecule has 2 aliphatic carbocycles. The maximum absolute atomic E-state index is 13.0. The molecule has 2 saturated heterocycles. The zero-order valence-electron chi connectivity index (χ0n) is 18.9. The first-order valence-corrected chi connectivity index (χ1v) is 12.9. The number of anilines is 1. The molecule has 1 saturated carbocycles. The number of likely N-dealkylation sites (tertiary alicyclic amines) is 1. The van der Waals surface area contributed by atoms with Crippen LogP contribution in [0.2, 0.25) is 0 Å². The van der Waals surface area contributed by atoms with E-state index in [9.17, 15) is 22.8 Å². The molecule has 4 aliphatic rings. The predicted molar refractivity (Wildman–Crippen MR) is 122 cm³/mol. The van der Waals surface area contributed by atoms with Crippen LogP contribution < -0.4 is 5.32 Å². The fourth-order valence-corrected chi connectivity index (χ4v) is 7.07. The Morgan fingerprint density at radius 3 is 2.12 bits per heavy atom. The second-order valence-corrected chi connectivity index (χ2v) is 11.2. The van der Waals surface area contributed by atoms with Crippen molar-refractivity contribution in [2.24, 2.45) is 23.7 Å². The summed E-state index contributed by atoms with van der Waals surface area (Å²) in [6.07, 6.45) is 4.46. The second-order valence-electron chi connectivity index (χ2n) is 9.21. The number of imide groups is 1. The van der Waals surface area contributed by atoms with E-state index in [-0.39, 0.29) is 40.4 Å². The minimum atomic E-state index is -3.66. The Morgan fingerprint density at radius 1 is 0.971 bits per heavy atom. The van der Waals surface area contributed by atoms with Gasteiger partial charge in [0, 0.05) is 45.0 Å². The topological polar surface area (TPSA) is 116 Å². The number of carbonyl (C=O) groups is 3. The summed E-state index contributed by atoms with van der Waals surface area (Å²) in [5.41, 5.74) is 0.439. The summed E-state index contributed by atoms with van der Waals surface area (Å²) in [6, 6.07) is 5.94. The number of piperazine rings is 1. The van der Waals surface area contributed by atoms with Crippen LogP contribution in [0.25, 0.3) is 0 Å². The Balaban J connectivity index is 1.13. The van der Waals surface area contributed by atoms with E-state index in [2.05, 4.69) is 27.1 Å². The third kappa shape index (κ3) is 3.91. The van der Waals surface area contributed by atoms with Crippen molar-refractivity contribution in [3.8, 4) is 0 Å². The molecule has 2 bridgehead atoms. The maximum atomic E-state index is 13.0. The van der Waals surface area contributed by atoms with Crippen molar-refractivity contribution >= 4 is 33.6 Å². The van der Waals surface area contributed by atoms with Gasteiger partial charge in [-0.3, -0.25) is 24.7 Å². The van der Waals surface area contributed by atoms with Crippen molar-refractivity contribution < 1.29 is 27.5 Å². The van der Waals surface area contributed by atoms with Gasteiger partial charge >= 0.3 is 6.09 Å². The molecular formula is C23H28N4O6S. The monoisotopic (exact) mass is 488 g/mol. The van der Waals surface area contributed by atoms with E-state index in [4.69, 9.17) is 0 Å². The highest BCUT2D eigenvalue weighted by molar-refractivity contribution is 7.89. The average Bonchev–Trinajstić information content (AvgIpc) is 3.52. The Kier molecular flexibility index (Phi) is 5.95. The van der Waals surface area contributed by atoms with Crippen molar-refractivity contribution in [3.63, 3.8) is 0 Å². The molecule has 34 heavy (non-hydrogen) atoms. The van der Waals surface area contributed by atoms with Gasteiger partial charge in [-0.15, -0.1) is 0 Å². The molecule has 10 nitrogen and oxygen atoms in total. The normalized spacial score (nSPS) is 29.0. The van der Waals surface area contributed by atoms with E-state index in [0.717, 1.165) is 6.42 Å². The van der Waals surface area contributed by atoms with E-state index >= 15 is 0 Å². The fourth-order valence-electron chi connectivity index (χ4n) is 5.65. The highest BCUT2D eigenvalue weighted by Crippen LogP contribution is 2.52. The summed E-state index contributed by atoms with van der Waals surface area (Å²) in [7, 11) is -2.41. The molecule has 182 valence electrons. The lowest BCUT2D eigenvalue weighted by Gasteiger charge is -2.34. The molecule has 2 heterocycles. The Bertz CT molecular complexity index is 1100. The lowest BCUT2D eigenvalue weighted by Crippen LogP contribution is -2.50. The predicted octanol–water partition coefficient (Wildman–Crippen LogP) is 0.978. The summed E-state index contributed by atoms with van der Waals surface area (Å²) in [5.74, 6) is -0.0418.